The van der Waals surface area contributed by atoms with Crippen LogP contribution in [0.1, 0.15) is 56.8 Å². The van der Waals surface area contributed by atoms with Gasteiger partial charge in [0.2, 0.25) is 0 Å². The highest BCUT2D eigenvalue weighted by molar-refractivity contribution is 5.24. The maximum atomic E-state index is 10.4. The molecule has 1 heterocycles. The Morgan fingerprint density at radius 1 is 1.21 bits per heavy atom. The summed E-state index contributed by atoms with van der Waals surface area (Å²) < 4.78 is 0. The molecular weight excluding hydrogens is 234 g/mol. The molecule has 0 amide bonds. The predicted molar refractivity (Wildman–Crippen MR) is 80.3 cm³/mol. The molecule has 2 atom stereocenters. The van der Waals surface area contributed by atoms with E-state index < -0.39 is 0 Å². The van der Waals surface area contributed by atoms with Crippen LogP contribution in [0.25, 0.3) is 0 Å². The van der Waals surface area contributed by atoms with Crippen LogP contribution < -0.4 is 0 Å². The van der Waals surface area contributed by atoms with Crippen molar-refractivity contribution in [3.05, 3.63) is 35.4 Å². The molecule has 0 aromatic heterocycles. The summed E-state index contributed by atoms with van der Waals surface area (Å²) in [5.74, 6) is 0. The van der Waals surface area contributed by atoms with Crippen molar-refractivity contribution in [2.75, 3.05) is 13.1 Å². The fourth-order valence-electron chi connectivity index (χ4n) is 2.91. The SMILES string of the molecule is CCc1ccc(C(O)CN2CCCCCC2C)cc1. The Labute approximate surface area is 117 Å². The molecule has 0 bridgehead atoms. The van der Waals surface area contributed by atoms with E-state index in [1.54, 1.807) is 0 Å². The summed E-state index contributed by atoms with van der Waals surface area (Å²) >= 11 is 0. The van der Waals surface area contributed by atoms with Gasteiger partial charge >= 0.3 is 0 Å². The Bertz CT molecular complexity index is 373. The van der Waals surface area contributed by atoms with Gasteiger partial charge in [-0.2, -0.15) is 0 Å². The fourth-order valence-corrected chi connectivity index (χ4v) is 2.91. The first-order valence-corrected chi connectivity index (χ1v) is 7.71. The van der Waals surface area contributed by atoms with Crippen molar-refractivity contribution in [1.82, 2.24) is 4.90 Å². The minimum Gasteiger partial charge on any atom is -0.387 e. The van der Waals surface area contributed by atoms with Crippen molar-refractivity contribution in [2.24, 2.45) is 0 Å². The number of hydrogen-bond donors (Lipinski definition) is 1. The van der Waals surface area contributed by atoms with Gasteiger partial charge in [0.25, 0.3) is 0 Å². The Balaban J connectivity index is 1.96. The fraction of sp³-hybridized carbons (Fsp3) is 0.647. The number of aryl methyl sites for hydroxylation is 1. The highest BCUT2D eigenvalue weighted by atomic mass is 16.3. The summed E-state index contributed by atoms with van der Waals surface area (Å²) in [6.45, 7) is 6.35. The third-order valence-electron chi connectivity index (χ3n) is 4.37. The molecule has 2 nitrogen and oxygen atoms in total. The molecule has 1 aromatic rings. The molecule has 0 radical (unpaired) electrons. The summed E-state index contributed by atoms with van der Waals surface area (Å²) in [5, 5.41) is 10.4. The molecule has 0 aliphatic carbocycles. The number of hydrogen-bond acceptors (Lipinski definition) is 2. The van der Waals surface area contributed by atoms with Crippen LogP contribution in [0.15, 0.2) is 24.3 Å². The Hall–Kier alpha value is -0.860. The van der Waals surface area contributed by atoms with Crippen LogP contribution in [0, 0.1) is 0 Å². The number of aliphatic hydroxyl groups is 1. The van der Waals surface area contributed by atoms with Crippen molar-refractivity contribution in [3.8, 4) is 0 Å². The largest absolute Gasteiger partial charge is 0.387 e. The Morgan fingerprint density at radius 2 is 1.95 bits per heavy atom. The lowest BCUT2D eigenvalue weighted by Gasteiger charge is -2.29. The topological polar surface area (TPSA) is 23.5 Å². The third-order valence-corrected chi connectivity index (χ3v) is 4.37. The first kappa shape index (κ1) is 14.5. The van der Waals surface area contributed by atoms with Crippen LogP contribution in [-0.4, -0.2) is 29.1 Å². The number of likely N-dealkylation sites (tertiary alicyclic amines) is 1. The van der Waals surface area contributed by atoms with Gasteiger partial charge in [-0.25, -0.2) is 0 Å². The summed E-state index contributed by atoms with van der Waals surface area (Å²) in [5.41, 5.74) is 2.38. The maximum Gasteiger partial charge on any atom is 0.0917 e. The monoisotopic (exact) mass is 261 g/mol. The van der Waals surface area contributed by atoms with Crippen molar-refractivity contribution >= 4 is 0 Å². The van der Waals surface area contributed by atoms with Crippen molar-refractivity contribution in [2.45, 2.75) is 58.1 Å². The minimum atomic E-state index is -0.355. The van der Waals surface area contributed by atoms with Crippen LogP contribution in [0.4, 0.5) is 0 Å². The average molecular weight is 261 g/mol. The highest BCUT2D eigenvalue weighted by Crippen LogP contribution is 2.21. The second kappa shape index (κ2) is 7.06. The smallest absolute Gasteiger partial charge is 0.0917 e. The zero-order valence-electron chi connectivity index (χ0n) is 12.3. The van der Waals surface area contributed by atoms with E-state index in [1.165, 1.54) is 31.2 Å². The molecule has 1 N–H and O–H groups in total. The number of nitrogens with zero attached hydrogens (tertiary/aromatic N) is 1. The predicted octanol–water partition coefficient (Wildman–Crippen LogP) is 3.55. The Morgan fingerprint density at radius 3 is 2.63 bits per heavy atom. The van der Waals surface area contributed by atoms with Crippen LogP contribution in [0.5, 0.6) is 0 Å². The summed E-state index contributed by atoms with van der Waals surface area (Å²) in [7, 11) is 0. The summed E-state index contributed by atoms with van der Waals surface area (Å²) in [6.07, 6.45) is 5.90. The van der Waals surface area contributed by atoms with Crippen molar-refractivity contribution < 1.29 is 5.11 Å². The number of aliphatic hydroxyl groups excluding tert-OH is 1. The van der Waals surface area contributed by atoms with Gasteiger partial charge in [0.1, 0.15) is 0 Å². The summed E-state index contributed by atoms with van der Waals surface area (Å²) in [6, 6.07) is 9.01. The van der Waals surface area contributed by atoms with E-state index in [4.69, 9.17) is 0 Å². The molecule has 106 valence electrons. The lowest BCUT2D eigenvalue weighted by atomic mass is 10.0. The quantitative estimate of drug-likeness (QED) is 0.896. The van der Waals surface area contributed by atoms with Gasteiger partial charge < -0.3 is 5.11 Å². The first-order valence-electron chi connectivity index (χ1n) is 7.71. The van der Waals surface area contributed by atoms with E-state index in [2.05, 4.69) is 43.0 Å². The van der Waals surface area contributed by atoms with Crippen LogP contribution in [-0.2, 0) is 6.42 Å². The van der Waals surface area contributed by atoms with Gasteiger partial charge in [-0.1, -0.05) is 44.0 Å². The third kappa shape index (κ3) is 4.05. The minimum absolute atomic E-state index is 0.355. The van der Waals surface area contributed by atoms with Gasteiger partial charge in [0, 0.05) is 12.6 Å². The molecule has 0 saturated carbocycles. The molecular formula is C17H27NO. The second-order valence-electron chi connectivity index (χ2n) is 5.80. The zero-order chi connectivity index (χ0) is 13.7. The standard InChI is InChI=1S/C17H27NO/c1-3-15-8-10-16(11-9-15)17(19)13-18-12-6-4-5-7-14(18)2/h8-11,14,17,19H,3-7,12-13H2,1-2H3. The first-order chi connectivity index (χ1) is 9.20. The molecule has 1 fully saturated rings. The van der Waals surface area contributed by atoms with E-state index in [-0.39, 0.29) is 6.10 Å². The van der Waals surface area contributed by atoms with Gasteiger partial charge in [0.15, 0.2) is 0 Å². The number of β-amino-alcohol motifs (C(OH)–C–C–N with tert-alkyl or cyclic N) is 1. The molecule has 2 unspecified atom stereocenters. The Kier molecular flexibility index (Phi) is 5.41. The van der Waals surface area contributed by atoms with Crippen molar-refractivity contribution in [1.29, 1.82) is 0 Å². The van der Waals surface area contributed by atoms with Crippen LogP contribution in [0.3, 0.4) is 0 Å². The van der Waals surface area contributed by atoms with Gasteiger partial charge in [-0.15, -0.1) is 0 Å². The molecule has 2 heteroatoms. The average Bonchev–Trinajstić information content (AvgIpc) is 2.64. The molecule has 2 rings (SSSR count). The van der Waals surface area contributed by atoms with Gasteiger partial charge in [-0.05, 0) is 43.9 Å². The lowest BCUT2D eigenvalue weighted by Crippen LogP contribution is -2.36. The number of benzene rings is 1. The summed E-state index contributed by atoms with van der Waals surface area (Å²) in [4.78, 5) is 2.45. The van der Waals surface area contributed by atoms with E-state index in [0.717, 1.165) is 25.1 Å². The van der Waals surface area contributed by atoms with Gasteiger partial charge in [-0.3, -0.25) is 4.90 Å². The second-order valence-corrected chi connectivity index (χ2v) is 5.80. The normalized spacial score (nSPS) is 23.0. The van der Waals surface area contributed by atoms with Gasteiger partial charge in [0.05, 0.1) is 6.10 Å². The maximum absolute atomic E-state index is 10.4. The van der Waals surface area contributed by atoms with E-state index >= 15 is 0 Å². The molecule has 1 aliphatic rings. The van der Waals surface area contributed by atoms with E-state index in [9.17, 15) is 5.11 Å². The van der Waals surface area contributed by atoms with E-state index in [1.807, 2.05) is 0 Å². The van der Waals surface area contributed by atoms with Crippen molar-refractivity contribution in [3.63, 3.8) is 0 Å². The molecule has 1 aliphatic heterocycles. The van der Waals surface area contributed by atoms with Crippen LogP contribution >= 0.6 is 0 Å². The molecule has 19 heavy (non-hydrogen) atoms. The molecule has 1 aromatic carbocycles. The lowest BCUT2D eigenvalue weighted by molar-refractivity contribution is 0.0928. The zero-order valence-corrected chi connectivity index (χ0v) is 12.3. The van der Waals surface area contributed by atoms with E-state index in [0.29, 0.717) is 6.04 Å². The highest BCUT2D eigenvalue weighted by Gasteiger charge is 2.20. The van der Waals surface area contributed by atoms with Crippen LogP contribution in [0.2, 0.25) is 0 Å². The molecule has 1 saturated heterocycles. The molecule has 0 spiro atoms. The number of rotatable bonds is 4.